The van der Waals surface area contributed by atoms with Gasteiger partial charge in [0.2, 0.25) is 0 Å². The van der Waals surface area contributed by atoms with Gasteiger partial charge in [-0.05, 0) is 12.5 Å². The number of hydrogen-bond acceptors (Lipinski definition) is 2. The minimum Gasteiger partial charge on any atom is -0.458 e. The van der Waals surface area contributed by atoms with Crippen molar-refractivity contribution in [2.24, 2.45) is 0 Å². The number of aryl methyl sites for hydroxylation is 1. The van der Waals surface area contributed by atoms with E-state index in [1.54, 1.807) is 0 Å². The van der Waals surface area contributed by atoms with Gasteiger partial charge in [-0.2, -0.15) is 0 Å². The second kappa shape index (κ2) is 2.85. The lowest BCUT2D eigenvalue weighted by molar-refractivity contribution is 0.376. The summed E-state index contributed by atoms with van der Waals surface area (Å²) in [7, 11) is 0. The van der Waals surface area contributed by atoms with Crippen molar-refractivity contribution in [3.63, 3.8) is 0 Å². The van der Waals surface area contributed by atoms with Gasteiger partial charge in [0.05, 0.1) is 6.61 Å². The molecular formula is C12H12O2. The lowest BCUT2D eigenvalue weighted by atomic mass is 10.1. The van der Waals surface area contributed by atoms with Crippen LogP contribution >= 0.6 is 0 Å². The molecule has 1 aliphatic rings. The van der Waals surface area contributed by atoms with Gasteiger partial charge in [0, 0.05) is 10.9 Å². The Bertz CT molecular complexity index is 466. The summed E-state index contributed by atoms with van der Waals surface area (Å²) in [6.07, 6.45) is 1.23. The first-order valence-corrected chi connectivity index (χ1v) is 5.02. The van der Waals surface area contributed by atoms with E-state index < -0.39 is 0 Å². The second-order valence-electron chi connectivity index (χ2n) is 3.62. The van der Waals surface area contributed by atoms with Crippen molar-refractivity contribution in [1.82, 2.24) is 0 Å². The first kappa shape index (κ1) is 8.06. The van der Waals surface area contributed by atoms with E-state index >= 15 is 0 Å². The van der Waals surface area contributed by atoms with Crippen LogP contribution in [0.1, 0.15) is 24.4 Å². The minimum absolute atomic E-state index is 0.220. The van der Waals surface area contributed by atoms with Crippen LogP contribution in [0.25, 0.3) is 11.0 Å². The summed E-state index contributed by atoms with van der Waals surface area (Å²) >= 11 is 0. The van der Waals surface area contributed by atoms with Gasteiger partial charge >= 0.3 is 0 Å². The smallest absolute Gasteiger partial charge is 0.139 e. The van der Waals surface area contributed by atoms with Crippen molar-refractivity contribution in [3.8, 4) is 0 Å². The molecule has 3 rings (SSSR count). The highest BCUT2D eigenvalue weighted by molar-refractivity contribution is 5.82. The second-order valence-corrected chi connectivity index (χ2v) is 3.62. The number of furan rings is 1. The Hall–Kier alpha value is -1.28. The van der Waals surface area contributed by atoms with Crippen molar-refractivity contribution in [1.29, 1.82) is 0 Å². The lowest BCUT2D eigenvalue weighted by Crippen LogP contribution is -1.84. The predicted molar refractivity (Wildman–Crippen MR) is 54.3 cm³/mol. The summed E-state index contributed by atoms with van der Waals surface area (Å²) < 4.78 is 11.1. The van der Waals surface area contributed by atoms with Crippen molar-refractivity contribution in [2.45, 2.75) is 19.4 Å². The van der Waals surface area contributed by atoms with Crippen LogP contribution in [0.2, 0.25) is 0 Å². The molecule has 0 bridgehead atoms. The maximum absolute atomic E-state index is 5.79. The third-order valence-electron chi connectivity index (χ3n) is 2.71. The number of ether oxygens (including phenoxy) is 1. The monoisotopic (exact) mass is 188 g/mol. The molecule has 0 N–H and O–H groups in total. The normalized spacial score (nSPS) is 20.2. The zero-order valence-corrected chi connectivity index (χ0v) is 8.12. The summed E-state index contributed by atoms with van der Waals surface area (Å²) in [5.74, 6) is 1.04. The van der Waals surface area contributed by atoms with E-state index in [-0.39, 0.29) is 6.10 Å². The molecule has 1 fully saturated rings. The minimum atomic E-state index is 0.220. The largest absolute Gasteiger partial charge is 0.458 e. The van der Waals surface area contributed by atoms with E-state index in [2.05, 4.69) is 19.1 Å². The van der Waals surface area contributed by atoms with E-state index in [4.69, 9.17) is 9.15 Å². The van der Waals surface area contributed by atoms with Gasteiger partial charge in [0.15, 0.2) is 0 Å². The summed E-state index contributed by atoms with van der Waals surface area (Å²) in [5.41, 5.74) is 2.29. The molecule has 1 aliphatic heterocycles. The Kier molecular flexibility index (Phi) is 1.64. The zero-order chi connectivity index (χ0) is 9.54. The Morgan fingerprint density at radius 1 is 1.36 bits per heavy atom. The molecule has 1 aromatic carbocycles. The molecule has 0 unspecified atom stereocenters. The van der Waals surface area contributed by atoms with Crippen molar-refractivity contribution in [3.05, 3.63) is 35.6 Å². The molecule has 1 aromatic heterocycles. The highest BCUT2D eigenvalue weighted by atomic mass is 16.6. The van der Waals surface area contributed by atoms with Gasteiger partial charge in [-0.25, -0.2) is 0 Å². The molecule has 1 saturated heterocycles. The molecule has 0 amide bonds. The van der Waals surface area contributed by atoms with Crippen molar-refractivity contribution >= 4 is 11.0 Å². The summed E-state index contributed by atoms with van der Waals surface area (Å²) in [6.45, 7) is 2.97. The van der Waals surface area contributed by atoms with E-state index in [0.717, 1.165) is 24.4 Å². The topological polar surface area (TPSA) is 25.7 Å². The van der Waals surface area contributed by atoms with E-state index in [1.807, 2.05) is 12.1 Å². The van der Waals surface area contributed by atoms with Crippen LogP contribution in [0.5, 0.6) is 0 Å². The van der Waals surface area contributed by atoms with Crippen molar-refractivity contribution in [2.75, 3.05) is 6.61 Å². The van der Waals surface area contributed by atoms with Gasteiger partial charge in [0.1, 0.15) is 17.4 Å². The van der Waals surface area contributed by atoms with Crippen LogP contribution in [-0.4, -0.2) is 6.61 Å². The average molecular weight is 188 g/mol. The fraction of sp³-hybridized carbons (Fsp3) is 0.333. The standard InChI is InChI=1S/C12H12O2/c1-2-8-9-5-3-4-6-10(9)14-12(8)11-7-13-11/h3-6,11H,2,7H2,1H3/t11-/m1/s1. The summed E-state index contributed by atoms with van der Waals surface area (Å²) in [5, 5.41) is 1.24. The first-order valence-electron chi connectivity index (χ1n) is 5.02. The molecule has 0 spiro atoms. The Morgan fingerprint density at radius 2 is 2.14 bits per heavy atom. The number of benzene rings is 1. The Balaban J connectivity index is 2.28. The van der Waals surface area contributed by atoms with Crippen LogP contribution in [0, 0.1) is 0 Å². The van der Waals surface area contributed by atoms with Gasteiger partial charge in [-0.15, -0.1) is 0 Å². The predicted octanol–water partition coefficient (Wildman–Crippen LogP) is 3.07. The number of epoxide rings is 1. The average Bonchev–Trinajstić information content (AvgIpc) is 2.99. The maximum atomic E-state index is 5.79. The Morgan fingerprint density at radius 3 is 2.86 bits per heavy atom. The fourth-order valence-corrected chi connectivity index (χ4v) is 1.94. The van der Waals surface area contributed by atoms with Crippen LogP contribution < -0.4 is 0 Å². The maximum Gasteiger partial charge on any atom is 0.139 e. The van der Waals surface area contributed by atoms with Crippen LogP contribution in [-0.2, 0) is 11.2 Å². The summed E-state index contributed by atoms with van der Waals surface area (Å²) in [6, 6.07) is 8.18. The lowest BCUT2D eigenvalue weighted by Gasteiger charge is -1.94. The van der Waals surface area contributed by atoms with Crippen LogP contribution in [0.3, 0.4) is 0 Å². The first-order chi connectivity index (χ1) is 6.90. The quantitative estimate of drug-likeness (QED) is 0.677. The summed E-state index contributed by atoms with van der Waals surface area (Å²) in [4.78, 5) is 0. The van der Waals surface area contributed by atoms with E-state index in [0.29, 0.717) is 0 Å². The SMILES string of the molecule is CCc1c([C@H]2CO2)oc2ccccc12. The molecule has 0 aliphatic carbocycles. The molecule has 72 valence electrons. The van der Waals surface area contributed by atoms with Gasteiger partial charge in [0.25, 0.3) is 0 Å². The molecule has 2 aromatic rings. The highest BCUT2D eigenvalue weighted by Crippen LogP contribution is 2.38. The Labute approximate surface area is 82.5 Å². The molecule has 0 radical (unpaired) electrons. The zero-order valence-electron chi connectivity index (χ0n) is 8.12. The van der Waals surface area contributed by atoms with E-state index in [1.165, 1.54) is 10.9 Å². The number of fused-ring (bicyclic) bond motifs is 1. The van der Waals surface area contributed by atoms with Gasteiger partial charge in [-0.3, -0.25) is 0 Å². The number of para-hydroxylation sites is 1. The molecule has 1 atom stereocenters. The molecule has 2 heterocycles. The molecule has 0 saturated carbocycles. The third kappa shape index (κ3) is 1.07. The number of hydrogen-bond donors (Lipinski definition) is 0. The van der Waals surface area contributed by atoms with Crippen LogP contribution in [0.15, 0.2) is 28.7 Å². The molecule has 2 heteroatoms. The number of rotatable bonds is 2. The van der Waals surface area contributed by atoms with Crippen molar-refractivity contribution < 1.29 is 9.15 Å². The van der Waals surface area contributed by atoms with Gasteiger partial charge in [-0.1, -0.05) is 25.1 Å². The third-order valence-corrected chi connectivity index (χ3v) is 2.71. The molecular weight excluding hydrogens is 176 g/mol. The van der Waals surface area contributed by atoms with Gasteiger partial charge < -0.3 is 9.15 Å². The molecule has 14 heavy (non-hydrogen) atoms. The van der Waals surface area contributed by atoms with Crippen LogP contribution in [0.4, 0.5) is 0 Å². The highest BCUT2D eigenvalue weighted by Gasteiger charge is 2.31. The van der Waals surface area contributed by atoms with E-state index in [9.17, 15) is 0 Å². The fourth-order valence-electron chi connectivity index (χ4n) is 1.94. The molecule has 2 nitrogen and oxygen atoms in total.